The van der Waals surface area contributed by atoms with Gasteiger partial charge >= 0.3 is 148 Å². The van der Waals surface area contributed by atoms with E-state index in [1.54, 1.807) is 0 Å². The van der Waals surface area contributed by atoms with Crippen molar-refractivity contribution in [2.75, 3.05) is 23.0 Å². The van der Waals surface area contributed by atoms with Crippen LogP contribution in [0.4, 0.5) is 0 Å². The van der Waals surface area contributed by atoms with Crippen molar-refractivity contribution in [3.63, 3.8) is 0 Å². The zero-order valence-corrected chi connectivity index (χ0v) is 16.7. The first kappa shape index (κ1) is 18.7. The second kappa shape index (κ2) is 9.02. The molecule has 0 N–H and O–H groups in total. The standard InChI is InChI=1S/2C6H10O4S.Sn/c2*7-5(8)1-3-11-4-2-6(9)10;/h2*1-4H2,(H,7,8)(H,9,10);/q;;+4/p-4. The van der Waals surface area contributed by atoms with Gasteiger partial charge in [0.05, 0.1) is 0 Å². The normalized spacial score (nSPS) is 24.0. The van der Waals surface area contributed by atoms with Crippen LogP contribution in [-0.2, 0) is 31.5 Å². The summed E-state index contributed by atoms with van der Waals surface area (Å²) in [5.41, 5.74) is 0. The average molecular weight is 471 g/mol. The van der Waals surface area contributed by atoms with Crippen LogP contribution in [0.15, 0.2) is 0 Å². The molecule has 0 amide bonds. The molecule has 0 unspecified atom stereocenters. The van der Waals surface area contributed by atoms with Gasteiger partial charge in [0, 0.05) is 0 Å². The molecule has 23 heavy (non-hydrogen) atoms. The Bertz CT molecular complexity index is 410. The van der Waals surface area contributed by atoms with Gasteiger partial charge in [-0.1, -0.05) is 0 Å². The first-order valence-corrected chi connectivity index (χ1v) is 14.0. The summed E-state index contributed by atoms with van der Waals surface area (Å²) in [5, 5.41) is 0. The molecule has 2 rings (SSSR count). The van der Waals surface area contributed by atoms with Crippen molar-refractivity contribution in [2.24, 2.45) is 0 Å². The molecular weight excluding hydrogens is 455 g/mol. The van der Waals surface area contributed by atoms with E-state index >= 15 is 0 Å². The number of hydrogen-bond donors (Lipinski definition) is 0. The third-order valence-electron chi connectivity index (χ3n) is 2.76. The summed E-state index contributed by atoms with van der Waals surface area (Å²) in [4.78, 5) is 47.5. The molecule has 0 aromatic heterocycles. The van der Waals surface area contributed by atoms with Crippen molar-refractivity contribution in [1.29, 1.82) is 0 Å². The molecule has 0 radical (unpaired) electrons. The monoisotopic (exact) mass is 472 g/mol. The second-order valence-corrected chi connectivity index (χ2v) is 12.3. The summed E-state index contributed by atoms with van der Waals surface area (Å²) in [6.07, 6.45) is 0.245. The molecule has 0 bridgehead atoms. The molecule has 11 heteroatoms. The molecule has 2 aliphatic heterocycles. The van der Waals surface area contributed by atoms with E-state index in [1.807, 2.05) is 0 Å². The van der Waals surface area contributed by atoms with Crippen molar-refractivity contribution in [3.8, 4) is 0 Å². The molecular formula is C12H16O8S2Sn. The summed E-state index contributed by atoms with van der Waals surface area (Å²) in [7, 11) is 0. The van der Waals surface area contributed by atoms with Gasteiger partial charge in [0.1, 0.15) is 0 Å². The van der Waals surface area contributed by atoms with Gasteiger partial charge in [-0.15, -0.1) is 0 Å². The quantitative estimate of drug-likeness (QED) is 0.468. The Morgan fingerprint density at radius 3 is 1.09 bits per heavy atom. The summed E-state index contributed by atoms with van der Waals surface area (Å²) in [6, 6.07) is 0. The van der Waals surface area contributed by atoms with Gasteiger partial charge in [0.25, 0.3) is 0 Å². The van der Waals surface area contributed by atoms with Crippen LogP contribution in [0.2, 0.25) is 0 Å². The average Bonchev–Trinajstić information content (AvgIpc) is 2.45. The Labute approximate surface area is 147 Å². The molecule has 2 heterocycles. The summed E-state index contributed by atoms with van der Waals surface area (Å²) >= 11 is -2.59. The molecule has 0 aromatic carbocycles. The number of carbonyl (C=O) groups excluding carboxylic acids is 4. The fourth-order valence-corrected chi connectivity index (χ4v) is 8.43. The summed E-state index contributed by atoms with van der Waals surface area (Å²) in [6.45, 7) is 0. The van der Waals surface area contributed by atoms with Crippen molar-refractivity contribution in [3.05, 3.63) is 0 Å². The summed E-state index contributed by atoms with van der Waals surface area (Å²) in [5.74, 6) is -0.937. The first-order valence-electron chi connectivity index (χ1n) is 7.02. The fourth-order valence-electron chi connectivity index (χ4n) is 1.71. The third kappa shape index (κ3) is 6.41. The van der Waals surface area contributed by atoms with Crippen LogP contribution in [0.3, 0.4) is 0 Å². The van der Waals surface area contributed by atoms with Crippen molar-refractivity contribution in [2.45, 2.75) is 25.7 Å². The van der Waals surface area contributed by atoms with Gasteiger partial charge in [-0.25, -0.2) is 0 Å². The topological polar surface area (TPSA) is 105 Å². The Hall–Kier alpha value is -0.621. The molecule has 2 saturated heterocycles. The first-order chi connectivity index (χ1) is 11.0. The summed E-state index contributed by atoms with van der Waals surface area (Å²) < 4.78 is 20.5. The van der Waals surface area contributed by atoms with Crippen LogP contribution in [0.5, 0.6) is 0 Å². The fraction of sp³-hybridized carbons (Fsp3) is 0.667. The molecule has 2 fully saturated rings. The third-order valence-corrected chi connectivity index (χ3v) is 10.2. The van der Waals surface area contributed by atoms with Gasteiger partial charge in [0.2, 0.25) is 0 Å². The number of rotatable bonds is 0. The maximum absolute atomic E-state index is 11.9. The van der Waals surface area contributed by atoms with Gasteiger partial charge in [-0.05, 0) is 0 Å². The van der Waals surface area contributed by atoms with E-state index < -0.39 is 43.9 Å². The van der Waals surface area contributed by atoms with E-state index in [0.29, 0.717) is 23.0 Å². The Kier molecular flexibility index (Phi) is 7.34. The zero-order chi connectivity index (χ0) is 16.7. The zero-order valence-electron chi connectivity index (χ0n) is 12.2. The molecule has 128 valence electrons. The van der Waals surface area contributed by atoms with E-state index in [-0.39, 0.29) is 25.7 Å². The Morgan fingerprint density at radius 2 is 0.826 bits per heavy atom. The van der Waals surface area contributed by atoms with Crippen LogP contribution >= 0.6 is 23.5 Å². The van der Waals surface area contributed by atoms with Crippen LogP contribution in [0.25, 0.3) is 0 Å². The SMILES string of the molecule is O=C1CCSCCC(=O)[O][Sn]2([O]1)[O]C(=O)CCSCCC(=O)[O]2. The minimum absolute atomic E-state index is 0.0613. The molecule has 1 spiro atoms. The van der Waals surface area contributed by atoms with Crippen molar-refractivity contribution < 1.29 is 31.5 Å². The number of carbonyl (C=O) groups is 4. The van der Waals surface area contributed by atoms with Crippen LogP contribution in [0.1, 0.15) is 25.7 Å². The Balaban J connectivity index is 2.25. The van der Waals surface area contributed by atoms with E-state index in [9.17, 15) is 19.2 Å². The number of hydrogen-bond acceptors (Lipinski definition) is 10. The van der Waals surface area contributed by atoms with E-state index in [0.717, 1.165) is 0 Å². The molecule has 0 aliphatic carbocycles. The minimum atomic E-state index is -5.41. The molecule has 0 saturated carbocycles. The second-order valence-electron chi connectivity index (χ2n) is 4.62. The molecule has 0 aromatic rings. The maximum atomic E-state index is 11.9. The van der Waals surface area contributed by atoms with Gasteiger partial charge in [-0.2, -0.15) is 0 Å². The van der Waals surface area contributed by atoms with Gasteiger partial charge in [-0.3, -0.25) is 0 Å². The van der Waals surface area contributed by atoms with Crippen LogP contribution < -0.4 is 0 Å². The predicted octanol–water partition coefficient (Wildman–Crippen LogP) is 0.649. The molecule has 0 atom stereocenters. The van der Waals surface area contributed by atoms with Crippen LogP contribution in [0, 0.1) is 0 Å². The van der Waals surface area contributed by atoms with E-state index in [2.05, 4.69) is 0 Å². The molecule has 8 nitrogen and oxygen atoms in total. The van der Waals surface area contributed by atoms with Gasteiger partial charge < -0.3 is 0 Å². The van der Waals surface area contributed by atoms with E-state index in [4.69, 9.17) is 12.3 Å². The van der Waals surface area contributed by atoms with Gasteiger partial charge in [0.15, 0.2) is 0 Å². The predicted molar refractivity (Wildman–Crippen MR) is 83.2 cm³/mol. The van der Waals surface area contributed by atoms with Crippen molar-refractivity contribution >= 4 is 67.4 Å². The van der Waals surface area contributed by atoms with E-state index in [1.165, 1.54) is 23.5 Å². The number of thioether (sulfide) groups is 2. The van der Waals surface area contributed by atoms with Crippen LogP contribution in [-0.4, -0.2) is 66.9 Å². The van der Waals surface area contributed by atoms with Crippen molar-refractivity contribution in [1.82, 2.24) is 0 Å². The molecule has 2 aliphatic rings. The Morgan fingerprint density at radius 1 is 0.565 bits per heavy atom.